The zero-order valence-electron chi connectivity index (χ0n) is 11.3. The number of nitrogens with one attached hydrogen (secondary N) is 1. The summed E-state index contributed by atoms with van der Waals surface area (Å²) in [6.45, 7) is 6.68. The second-order valence-corrected chi connectivity index (χ2v) is 5.64. The van der Waals surface area contributed by atoms with Crippen molar-refractivity contribution in [1.82, 2.24) is 5.32 Å². The first-order valence-electron chi connectivity index (χ1n) is 5.92. The van der Waals surface area contributed by atoms with Crippen LogP contribution in [0.3, 0.4) is 0 Å². The largest absolute Gasteiger partial charge is 0.394 e. The van der Waals surface area contributed by atoms with E-state index >= 15 is 0 Å². The number of amides is 1. The molecule has 0 aromatic heterocycles. The van der Waals surface area contributed by atoms with Crippen LogP contribution < -0.4 is 5.32 Å². The molecule has 1 amide bonds. The molecule has 18 heavy (non-hydrogen) atoms. The number of aliphatic hydroxyl groups excluding tert-OH is 1. The van der Waals surface area contributed by atoms with Crippen molar-refractivity contribution in [3.63, 3.8) is 0 Å². The van der Waals surface area contributed by atoms with Gasteiger partial charge in [0.1, 0.15) is 0 Å². The zero-order valence-corrected chi connectivity index (χ0v) is 11.3. The molecular formula is C14H21NO3. The van der Waals surface area contributed by atoms with Gasteiger partial charge in [-0.15, -0.1) is 0 Å². The van der Waals surface area contributed by atoms with E-state index in [1.165, 1.54) is 0 Å². The number of hydrogen-bond donors (Lipinski definition) is 3. The van der Waals surface area contributed by atoms with Crippen molar-refractivity contribution in [3.8, 4) is 0 Å². The molecular weight excluding hydrogens is 230 g/mol. The van der Waals surface area contributed by atoms with E-state index in [1.54, 1.807) is 52.0 Å². The fourth-order valence-corrected chi connectivity index (χ4v) is 1.46. The van der Waals surface area contributed by atoms with E-state index in [0.717, 1.165) is 0 Å². The molecule has 0 atom stereocenters. The van der Waals surface area contributed by atoms with Crippen molar-refractivity contribution in [1.29, 1.82) is 0 Å². The van der Waals surface area contributed by atoms with Gasteiger partial charge in [-0.05, 0) is 45.4 Å². The highest BCUT2D eigenvalue weighted by Crippen LogP contribution is 2.20. The summed E-state index contributed by atoms with van der Waals surface area (Å²) in [6, 6.07) is 6.84. The summed E-state index contributed by atoms with van der Waals surface area (Å²) < 4.78 is 0. The molecule has 0 aliphatic rings. The van der Waals surface area contributed by atoms with Crippen molar-refractivity contribution >= 4 is 5.91 Å². The van der Waals surface area contributed by atoms with Crippen molar-refractivity contribution in [2.24, 2.45) is 0 Å². The maximum atomic E-state index is 12.0. The van der Waals surface area contributed by atoms with Gasteiger partial charge in [0.05, 0.1) is 17.7 Å². The fourth-order valence-electron chi connectivity index (χ4n) is 1.46. The predicted molar refractivity (Wildman–Crippen MR) is 70.3 cm³/mol. The van der Waals surface area contributed by atoms with Crippen LogP contribution in [0.25, 0.3) is 0 Å². The minimum atomic E-state index is -0.983. The van der Waals surface area contributed by atoms with Gasteiger partial charge in [0.2, 0.25) is 0 Å². The van der Waals surface area contributed by atoms with Gasteiger partial charge in [-0.25, -0.2) is 0 Å². The lowest BCUT2D eigenvalue weighted by Crippen LogP contribution is -2.46. The Morgan fingerprint density at radius 1 is 1.28 bits per heavy atom. The van der Waals surface area contributed by atoms with Crippen LogP contribution in [0.15, 0.2) is 24.3 Å². The molecule has 0 spiro atoms. The molecule has 0 aliphatic carbocycles. The highest BCUT2D eigenvalue weighted by molar-refractivity contribution is 5.94. The number of carbonyl (C=O) groups is 1. The lowest BCUT2D eigenvalue weighted by atomic mass is 9.96. The minimum absolute atomic E-state index is 0.135. The standard InChI is InChI=1S/C14H21NO3/c1-13(2,9-16)15-12(17)10-6-5-7-11(8-10)14(3,4)18/h5-8,16,18H,9H2,1-4H3,(H,15,17). The molecule has 3 N–H and O–H groups in total. The van der Waals surface area contributed by atoms with Crippen LogP contribution in [0.1, 0.15) is 43.6 Å². The third-order valence-corrected chi connectivity index (χ3v) is 2.68. The highest BCUT2D eigenvalue weighted by atomic mass is 16.3. The average molecular weight is 251 g/mol. The van der Waals surface area contributed by atoms with Gasteiger partial charge in [-0.1, -0.05) is 12.1 Å². The van der Waals surface area contributed by atoms with Crippen molar-refractivity contribution in [2.75, 3.05) is 6.61 Å². The Morgan fingerprint density at radius 2 is 1.89 bits per heavy atom. The van der Waals surface area contributed by atoms with Crippen LogP contribution in [0, 0.1) is 0 Å². The SMILES string of the molecule is CC(C)(CO)NC(=O)c1cccc(C(C)(C)O)c1. The molecule has 1 rings (SSSR count). The molecule has 0 bridgehead atoms. The van der Waals surface area contributed by atoms with Gasteiger partial charge >= 0.3 is 0 Å². The van der Waals surface area contributed by atoms with E-state index in [-0.39, 0.29) is 12.5 Å². The molecule has 4 heteroatoms. The Morgan fingerprint density at radius 3 is 2.39 bits per heavy atom. The summed E-state index contributed by atoms with van der Waals surface area (Å²) in [7, 11) is 0. The van der Waals surface area contributed by atoms with Crippen LogP contribution in [0.2, 0.25) is 0 Å². The Bertz CT molecular complexity index is 433. The quantitative estimate of drug-likeness (QED) is 0.758. The van der Waals surface area contributed by atoms with Gasteiger partial charge in [0, 0.05) is 5.56 Å². The second kappa shape index (κ2) is 5.08. The molecule has 0 fully saturated rings. The van der Waals surface area contributed by atoms with E-state index in [1.807, 2.05) is 0 Å². The Hall–Kier alpha value is -1.39. The topological polar surface area (TPSA) is 69.6 Å². The molecule has 0 aliphatic heterocycles. The van der Waals surface area contributed by atoms with Crippen LogP contribution in [-0.2, 0) is 5.60 Å². The lowest BCUT2D eigenvalue weighted by Gasteiger charge is -2.24. The summed E-state index contributed by atoms with van der Waals surface area (Å²) >= 11 is 0. The number of rotatable bonds is 4. The molecule has 4 nitrogen and oxygen atoms in total. The summed E-state index contributed by atoms with van der Waals surface area (Å²) in [5, 5.41) is 21.8. The molecule has 0 radical (unpaired) electrons. The monoisotopic (exact) mass is 251 g/mol. The van der Waals surface area contributed by atoms with E-state index < -0.39 is 11.1 Å². The zero-order chi connectivity index (χ0) is 14.0. The average Bonchev–Trinajstić information content (AvgIpc) is 2.27. The third-order valence-electron chi connectivity index (χ3n) is 2.68. The first kappa shape index (κ1) is 14.7. The van der Waals surface area contributed by atoms with Crippen molar-refractivity contribution in [2.45, 2.75) is 38.8 Å². The van der Waals surface area contributed by atoms with E-state index in [0.29, 0.717) is 11.1 Å². The summed E-state index contributed by atoms with van der Waals surface area (Å²) in [4.78, 5) is 12.0. The molecule has 100 valence electrons. The number of benzene rings is 1. The summed E-state index contributed by atoms with van der Waals surface area (Å²) in [6.07, 6.45) is 0. The predicted octanol–water partition coefficient (Wildman–Crippen LogP) is 1.41. The fraction of sp³-hybridized carbons (Fsp3) is 0.500. The molecule has 0 heterocycles. The minimum Gasteiger partial charge on any atom is -0.394 e. The summed E-state index contributed by atoms with van der Waals surface area (Å²) in [5.41, 5.74) is -0.502. The van der Waals surface area contributed by atoms with E-state index in [9.17, 15) is 9.90 Å². The van der Waals surface area contributed by atoms with Crippen molar-refractivity contribution in [3.05, 3.63) is 35.4 Å². The van der Waals surface area contributed by atoms with Gasteiger partial charge < -0.3 is 15.5 Å². The van der Waals surface area contributed by atoms with Crippen LogP contribution >= 0.6 is 0 Å². The van der Waals surface area contributed by atoms with Crippen LogP contribution in [0.5, 0.6) is 0 Å². The maximum absolute atomic E-state index is 12.0. The molecule has 1 aromatic rings. The van der Waals surface area contributed by atoms with E-state index in [4.69, 9.17) is 5.11 Å². The smallest absolute Gasteiger partial charge is 0.251 e. The Kier molecular flexibility index (Phi) is 4.14. The van der Waals surface area contributed by atoms with Crippen molar-refractivity contribution < 1.29 is 15.0 Å². The second-order valence-electron chi connectivity index (χ2n) is 5.64. The van der Waals surface area contributed by atoms with Gasteiger partial charge in [-0.2, -0.15) is 0 Å². The Balaban J connectivity index is 2.94. The molecule has 1 aromatic carbocycles. The molecule has 0 unspecified atom stereocenters. The number of aliphatic hydroxyl groups is 2. The normalized spacial score (nSPS) is 12.3. The Labute approximate surface area is 108 Å². The van der Waals surface area contributed by atoms with Crippen LogP contribution in [-0.4, -0.2) is 28.3 Å². The lowest BCUT2D eigenvalue weighted by molar-refractivity contribution is 0.0782. The van der Waals surface area contributed by atoms with Gasteiger partial charge in [0.25, 0.3) is 5.91 Å². The molecule has 0 saturated heterocycles. The number of carbonyl (C=O) groups excluding carboxylic acids is 1. The van der Waals surface area contributed by atoms with E-state index in [2.05, 4.69) is 5.32 Å². The van der Waals surface area contributed by atoms with Gasteiger partial charge in [0.15, 0.2) is 0 Å². The first-order chi connectivity index (χ1) is 8.15. The summed E-state index contributed by atoms with van der Waals surface area (Å²) in [5.74, 6) is -0.264. The van der Waals surface area contributed by atoms with Gasteiger partial charge in [-0.3, -0.25) is 4.79 Å². The number of hydrogen-bond acceptors (Lipinski definition) is 3. The first-order valence-corrected chi connectivity index (χ1v) is 5.92. The highest BCUT2D eigenvalue weighted by Gasteiger charge is 2.22. The third kappa shape index (κ3) is 3.82. The maximum Gasteiger partial charge on any atom is 0.251 e. The van der Waals surface area contributed by atoms with Crippen LogP contribution in [0.4, 0.5) is 0 Å². The molecule has 0 saturated carbocycles.